The highest BCUT2D eigenvalue weighted by Gasteiger charge is 2.07. The molecule has 0 spiro atoms. The summed E-state index contributed by atoms with van der Waals surface area (Å²) >= 11 is 11.0. The molecule has 0 radical (unpaired) electrons. The van der Waals surface area contributed by atoms with Crippen molar-refractivity contribution in [2.24, 2.45) is 0 Å². The predicted molar refractivity (Wildman–Crippen MR) is 119 cm³/mol. The number of thiocarbonyl (C=S) groups is 1. The lowest BCUT2D eigenvalue weighted by molar-refractivity contribution is -0.115. The zero-order valence-electron chi connectivity index (χ0n) is 15.5. The van der Waals surface area contributed by atoms with Crippen LogP contribution in [0.1, 0.15) is 35.7 Å². The molecule has 0 bridgehead atoms. The Bertz CT molecular complexity index is 866. The van der Waals surface area contributed by atoms with E-state index in [1.54, 1.807) is 54.6 Å². The maximum atomic E-state index is 12.1. The first-order valence-electron chi connectivity index (χ1n) is 8.92. The second kappa shape index (κ2) is 11.2. The standard InChI is InChI=1S/C21H22ClN3O2S/c1-2-3-13-23-20(27)16-5-4-6-18(14-16)24-21(28)25-19(26)12-9-15-7-10-17(22)11-8-15/h4-12,14H,2-3,13H2,1H3,(H,23,27)(H2,24,25,26,28)/b12-9+. The summed E-state index contributed by atoms with van der Waals surface area (Å²) in [6.07, 6.45) is 5.00. The highest BCUT2D eigenvalue weighted by molar-refractivity contribution is 7.80. The zero-order chi connectivity index (χ0) is 20.4. The van der Waals surface area contributed by atoms with E-state index in [0.29, 0.717) is 22.8 Å². The average molecular weight is 416 g/mol. The van der Waals surface area contributed by atoms with Crippen LogP contribution in [-0.4, -0.2) is 23.5 Å². The van der Waals surface area contributed by atoms with Gasteiger partial charge in [0.25, 0.3) is 5.91 Å². The SMILES string of the molecule is CCCCNC(=O)c1cccc(NC(=S)NC(=O)/C=C/c2ccc(Cl)cc2)c1. The van der Waals surface area contributed by atoms with Crippen LogP contribution in [0.25, 0.3) is 6.08 Å². The molecule has 7 heteroatoms. The molecule has 0 aromatic heterocycles. The van der Waals surface area contributed by atoms with Crippen LogP contribution in [0.3, 0.4) is 0 Å². The van der Waals surface area contributed by atoms with Crippen molar-refractivity contribution < 1.29 is 9.59 Å². The van der Waals surface area contributed by atoms with Gasteiger partial charge in [0.15, 0.2) is 5.11 Å². The van der Waals surface area contributed by atoms with Gasteiger partial charge in [0.05, 0.1) is 0 Å². The Morgan fingerprint density at radius 1 is 1.14 bits per heavy atom. The number of carbonyl (C=O) groups excluding carboxylic acids is 2. The quantitative estimate of drug-likeness (QED) is 0.356. The highest BCUT2D eigenvalue weighted by atomic mass is 35.5. The Labute approximate surface area is 175 Å². The zero-order valence-corrected chi connectivity index (χ0v) is 17.1. The van der Waals surface area contributed by atoms with Gasteiger partial charge in [-0.15, -0.1) is 0 Å². The van der Waals surface area contributed by atoms with E-state index in [-0.39, 0.29) is 16.9 Å². The number of unbranched alkanes of at least 4 members (excludes halogenated alkanes) is 1. The van der Waals surface area contributed by atoms with E-state index in [4.69, 9.17) is 23.8 Å². The van der Waals surface area contributed by atoms with Gasteiger partial charge >= 0.3 is 0 Å². The number of carbonyl (C=O) groups is 2. The summed E-state index contributed by atoms with van der Waals surface area (Å²) in [4.78, 5) is 24.1. The van der Waals surface area contributed by atoms with E-state index in [0.717, 1.165) is 18.4 Å². The monoisotopic (exact) mass is 415 g/mol. The number of hydrogen-bond donors (Lipinski definition) is 3. The van der Waals surface area contributed by atoms with Crippen LogP contribution >= 0.6 is 23.8 Å². The molecule has 0 atom stereocenters. The fourth-order valence-corrected chi connectivity index (χ4v) is 2.63. The number of benzene rings is 2. The van der Waals surface area contributed by atoms with Gasteiger partial charge in [0.1, 0.15) is 0 Å². The first kappa shape index (κ1) is 21.6. The van der Waals surface area contributed by atoms with Gasteiger partial charge in [-0.3, -0.25) is 14.9 Å². The van der Waals surface area contributed by atoms with Gasteiger partial charge < -0.3 is 10.6 Å². The van der Waals surface area contributed by atoms with Crippen LogP contribution in [0.15, 0.2) is 54.6 Å². The van der Waals surface area contributed by atoms with Crippen molar-refractivity contribution >= 4 is 52.5 Å². The van der Waals surface area contributed by atoms with Crippen molar-refractivity contribution in [3.8, 4) is 0 Å². The van der Waals surface area contributed by atoms with Crippen LogP contribution < -0.4 is 16.0 Å². The third-order valence-corrected chi connectivity index (χ3v) is 4.19. The van der Waals surface area contributed by atoms with Gasteiger partial charge in [0, 0.05) is 28.9 Å². The first-order chi connectivity index (χ1) is 13.5. The molecule has 2 aromatic rings. The fraction of sp³-hybridized carbons (Fsp3) is 0.190. The molecule has 2 aromatic carbocycles. The Hall–Kier alpha value is -2.70. The second-order valence-electron chi connectivity index (χ2n) is 6.02. The molecule has 0 unspecified atom stereocenters. The minimum atomic E-state index is -0.360. The van der Waals surface area contributed by atoms with Crippen molar-refractivity contribution in [3.05, 3.63) is 70.8 Å². The van der Waals surface area contributed by atoms with Crippen LogP contribution in [0.5, 0.6) is 0 Å². The van der Waals surface area contributed by atoms with Crippen molar-refractivity contribution in [1.29, 1.82) is 0 Å². The smallest absolute Gasteiger partial charge is 0.251 e. The Balaban J connectivity index is 1.88. The van der Waals surface area contributed by atoms with Gasteiger partial charge in [-0.25, -0.2) is 0 Å². The summed E-state index contributed by atoms with van der Waals surface area (Å²) in [6, 6.07) is 14.0. The third kappa shape index (κ3) is 7.50. The van der Waals surface area contributed by atoms with Crippen LogP contribution in [0, 0.1) is 0 Å². The topological polar surface area (TPSA) is 70.2 Å². The molecule has 28 heavy (non-hydrogen) atoms. The van der Waals surface area contributed by atoms with Crippen LogP contribution in [-0.2, 0) is 4.79 Å². The van der Waals surface area contributed by atoms with Crippen molar-refractivity contribution in [2.45, 2.75) is 19.8 Å². The van der Waals surface area contributed by atoms with Crippen LogP contribution in [0.2, 0.25) is 5.02 Å². The molecule has 2 amide bonds. The van der Waals surface area contributed by atoms with E-state index in [1.165, 1.54) is 6.08 Å². The molecule has 0 aliphatic rings. The van der Waals surface area contributed by atoms with Crippen molar-refractivity contribution in [2.75, 3.05) is 11.9 Å². The van der Waals surface area contributed by atoms with Gasteiger partial charge in [-0.2, -0.15) is 0 Å². The number of halogens is 1. The second-order valence-corrected chi connectivity index (χ2v) is 6.86. The lowest BCUT2D eigenvalue weighted by Gasteiger charge is -2.10. The minimum absolute atomic E-state index is 0.141. The third-order valence-electron chi connectivity index (χ3n) is 3.73. The largest absolute Gasteiger partial charge is 0.352 e. The number of amides is 2. The Morgan fingerprint density at radius 2 is 1.89 bits per heavy atom. The maximum absolute atomic E-state index is 12.1. The lowest BCUT2D eigenvalue weighted by Crippen LogP contribution is -2.33. The summed E-state index contributed by atoms with van der Waals surface area (Å²) < 4.78 is 0. The van der Waals surface area contributed by atoms with E-state index >= 15 is 0 Å². The lowest BCUT2D eigenvalue weighted by atomic mass is 10.2. The molecule has 0 heterocycles. The molecule has 5 nitrogen and oxygen atoms in total. The Morgan fingerprint density at radius 3 is 2.61 bits per heavy atom. The number of rotatable bonds is 7. The van der Waals surface area contributed by atoms with Gasteiger partial charge in [-0.05, 0) is 60.6 Å². The summed E-state index contributed by atoms with van der Waals surface area (Å²) in [5, 5.41) is 9.12. The van der Waals surface area contributed by atoms with E-state index in [1.807, 2.05) is 0 Å². The van der Waals surface area contributed by atoms with Gasteiger partial charge in [0.2, 0.25) is 5.91 Å². The summed E-state index contributed by atoms with van der Waals surface area (Å²) in [7, 11) is 0. The minimum Gasteiger partial charge on any atom is -0.352 e. The van der Waals surface area contributed by atoms with Crippen LogP contribution in [0.4, 0.5) is 5.69 Å². The van der Waals surface area contributed by atoms with E-state index in [2.05, 4.69) is 22.9 Å². The summed E-state index contributed by atoms with van der Waals surface area (Å²) in [5.41, 5.74) is 1.99. The Kier molecular flexibility index (Phi) is 8.65. The molecule has 2 rings (SSSR count). The van der Waals surface area contributed by atoms with E-state index in [9.17, 15) is 9.59 Å². The number of anilines is 1. The number of nitrogens with one attached hydrogen (secondary N) is 3. The first-order valence-corrected chi connectivity index (χ1v) is 9.70. The molecular weight excluding hydrogens is 394 g/mol. The molecule has 146 valence electrons. The van der Waals surface area contributed by atoms with Crippen molar-refractivity contribution in [3.63, 3.8) is 0 Å². The molecule has 0 aliphatic heterocycles. The molecule has 0 aliphatic carbocycles. The maximum Gasteiger partial charge on any atom is 0.251 e. The molecule has 0 saturated carbocycles. The normalized spacial score (nSPS) is 10.5. The predicted octanol–water partition coefficient (Wildman–Crippen LogP) is 4.40. The number of hydrogen-bond acceptors (Lipinski definition) is 3. The molecule has 3 N–H and O–H groups in total. The average Bonchev–Trinajstić information content (AvgIpc) is 2.67. The molecule has 0 fully saturated rings. The molecule has 0 saturated heterocycles. The fourth-order valence-electron chi connectivity index (χ4n) is 2.28. The summed E-state index contributed by atoms with van der Waals surface area (Å²) in [5.74, 6) is -0.501. The van der Waals surface area contributed by atoms with Gasteiger partial charge in [-0.1, -0.05) is 43.1 Å². The molecular formula is C21H22ClN3O2S. The summed E-state index contributed by atoms with van der Waals surface area (Å²) in [6.45, 7) is 2.71. The van der Waals surface area contributed by atoms with Crippen molar-refractivity contribution in [1.82, 2.24) is 10.6 Å². The van der Waals surface area contributed by atoms with E-state index < -0.39 is 0 Å². The highest BCUT2D eigenvalue weighted by Crippen LogP contribution is 2.11.